The van der Waals surface area contributed by atoms with Crippen LogP contribution in [-0.4, -0.2) is 46.2 Å². The number of carbonyl (C=O) groups is 1. The summed E-state index contributed by atoms with van der Waals surface area (Å²) < 4.78 is 11.2. The number of hydrogen-bond acceptors (Lipinski definition) is 3. The summed E-state index contributed by atoms with van der Waals surface area (Å²) in [6, 6.07) is 0. The molecule has 4 nitrogen and oxygen atoms in total. The summed E-state index contributed by atoms with van der Waals surface area (Å²) >= 11 is 0. The van der Waals surface area contributed by atoms with E-state index in [1.54, 1.807) is 0 Å². The van der Waals surface area contributed by atoms with E-state index < -0.39 is 10.8 Å². The number of hydrogen-bond donors (Lipinski definition) is 1. The second-order valence-corrected chi connectivity index (χ2v) is 7.05. The van der Waals surface area contributed by atoms with Crippen molar-refractivity contribution in [2.24, 2.45) is 17.6 Å². The highest BCUT2D eigenvalue weighted by Crippen LogP contribution is 2.21. The third-order valence-corrected chi connectivity index (χ3v) is 5.02. The van der Waals surface area contributed by atoms with Crippen molar-refractivity contribution in [3.8, 4) is 0 Å². The highest BCUT2D eigenvalue weighted by Gasteiger charge is 2.21. The van der Waals surface area contributed by atoms with Gasteiger partial charge < -0.3 is 10.6 Å². The van der Waals surface area contributed by atoms with Gasteiger partial charge >= 0.3 is 0 Å². The molecule has 2 N–H and O–H groups in total. The van der Waals surface area contributed by atoms with E-state index in [2.05, 4.69) is 13.8 Å². The predicted molar refractivity (Wildman–Crippen MR) is 75.7 cm³/mol. The highest BCUT2D eigenvalue weighted by molar-refractivity contribution is 7.85. The molecule has 1 unspecified atom stereocenters. The van der Waals surface area contributed by atoms with Crippen LogP contribution in [0, 0.1) is 11.8 Å². The summed E-state index contributed by atoms with van der Waals surface area (Å²) in [5.74, 6) is 2.62. The van der Waals surface area contributed by atoms with Crippen molar-refractivity contribution in [1.29, 1.82) is 0 Å². The van der Waals surface area contributed by atoms with Crippen molar-refractivity contribution < 1.29 is 9.00 Å². The van der Waals surface area contributed by atoms with Gasteiger partial charge in [-0.1, -0.05) is 13.8 Å². The number of nitrogens with two attached hydrogens (primary N) is 1. The van der Waals surface area contributed by atoms with Crippen molar-refractivity contribution in [1.82, 2.24) is 4.90 Å². The minimum atomic E-state index is -0.711. The second-order valence-electron chi connectivity index (χ2n) is 5.35. The zero-order valence-corrected chi connectivity index (χ0v) is 12.4. The molecule has 0 saturated carbocycles. The van der Waals surface area contributed by atoms with Crippen LogP contribution in [0.15, 0.2) is 0 Å². The third-order valence-electron chi connectivity index (χ3n) is 3.74. The Morgan fingerprint density at radius 2 is 1.89 bits per heavy atom. The monoisotopic (exact) mass is 274 g/mol. The Labute approximate surface area is 113 Å². The first-order valence-corrected chi connectivity index (χ1v) is 8.36. The summed E-state index contributed by atoms with van der Waals surface area (Å²) in [7, 11) is -0.711. The summed E-state index contributed by atoms with van der Waals surface area (Å²) in [6.07, 6.45) is 2.53. The zero-order valence-electron chi connectivity index (χ0n) is 11.6. The van der Waals surface area contributed by atoms with Crippen LogP contribution in [0.2, 0.25) is 0 Å². The molecule has 5 heteroatoms. The second kappa shape index (κ2) is 7.89. The molecule has 0 aromatic heterocycles. The average Bonchev–Trinajstić information content (AvgIpc) is 2.34. The Balaban J connectivity index is 2.33. The summed E-state index contributed by atoms with van der Waals surface area (Å²) in [5, 5.41) is 0. The van der Waals surface area contributed by atoms with Crippen molar-refractivity contribution in [3.05, 3.63) is 0 Å². The van der Waals surface area contributed by atoms with E-state index in [4.69, 9.17) is 5.73 Å². The van der Waals surface area contributed by atoms with E-state index in [1.807, 2.05) is 4.90 Å². The largest absolute Gasteiger partial charge is 0.341 e. The summed E-state index contributed by atoms with van der Waals surface area (Å²) in [4.78, 5) is 13.9. The van der Waals surface area contributed by atoms with Gasteiger partial charge in [0.25, 0.3) is 0 Å². The van der Waals surface area contributed by atoms with Crippen LogP contribution in [-0.2, 0) is 15.6 Å². The van der Waals surface area contributed by atoms with Crippen LogP contribution in [0.4, 0.5) is 0 Å². The Morgan fingerprint density at radius 1 is 1.28 bits per heavy atom. The molecule has 1 amide bonds. The van der Waals surface area contributed by atoms with Gasteiger partial charge in [-0.3, -0.25) is 9.00 Å². The lowest BCUT2D eigenvalue weighted by atomic mass is 9.88. The normalized spacial score (nSPS) is 19.2. The molecule has 1 aliphatic rings. The molecule has 1 aliphatic heterocycles. The third kappa shape index (κ3) is 5.06. The van der Waals surface area contributed by atoms with Crippen molar-refractivity contribution in [3.63, 3.8) is 0 Å². The van der Waals surface area contributed by atoms with E-state index >= 15 is 0 Å². The molecule has 18 heavy (non-hydrogen) atoms. The molecule has 1 fully saturated rings. The van der Waals surface area contributed by atoms with Crippen LogP contribution in [0.3, 0.4) is 0 Å². The van der Waals surface area contributed by atoms with Crippen molar-refractivity contribution in [2.75, 3.05) is 31.1 Å². The molecule has 1 saturated heterocycles. The molecule has 1 heterocycles. The predicted octanol–water partition coefficient (Wildman–Crippen LogP) is 0.979. The van der Waals surface area contributed by atoms with Crippen LogP contribution in [0.25, 0.3) is 0 Å². The standard InChI is InChI=1S/C13H26N2O2S/c1-11(2)12(5-6-14)3-4-13(16)15-7-9-18(17)10-8-15/h11-12H,3-10,14H2,1-2H3. The van der Waals surface area contributed by atoms with Crippen LogP contribution < -0.4 is 5.73 Å². The van der Waals surface area contributed by atoms with E-state index in [0.717, 1.165) is 12.8 Å². The number of rotatable bonds is 6. The molecule has 1 atom stereocenters. The highest BCUT2D eigenvalue weighted by atomic mass is 32.2. The lowest BCUT2D eigenvalue weighted by molar-refractivity contribution is -0.131. The first kappa shape index (κ1) is 15.6. The fourth-order valence-corrected chi connectivity index (χ4v) is 3.43. The summed E-state index contributed by atoms with van der Waals surface area (Å²) in [5.41, 5.74) is 5.60. The van der Waals surface area contributed by atoms with Crippen LogP contribution in [0.5, 0.6) is 0 Å². The van der Waals surface area contributed by atoms with E-state index in [0.29, 0.717) is 49.4 Å². The first-order chi connectivity index (χ1) is 8.54. The van der Waals surface area contributed by atoms with Gasteiger partial charge in [0.05, 0.1) is 0 Å². The Kier molecular flexibility index (Phi) is 6.86. The minimum absolute atomic E-state index is 0.217. The van der Waals surface area contributed by atoms with Gasteiger partial charge in [-0.05, 0) is 31.2 Å². The Morgan fingerprint density at radius 3 is 2.39 bits per heavy atom. The SMILES string of the molecule is CC(C)C(CCN)CCC(=O)N1CCS(=O)CC1. The molecule has 0 radical (unpaired) electrons. The molecule has 0 bridgehead atoms. The van der Waals surface area contributed by atoms with Gasteiger partial charge in [-0.25, -0.2) is 0 Å². The molecule has 0 aromatic rings. The number of amides is 1. The van der Waals surface area contributed by atoms with Crippen LogP contribution in [0.1, 0.15) is 33.1 Å². The van der Waals surface area contributed by atoms with E-state index in [9.17, 15) is 9.00 Å². The van der Waals surface area contributed by atoms with Gasteiger partial charge in [0.1, 0.15) is 0 Å². The molecule has 0 aromatic carbocycles. The molecule has 0 aliphatic carbocycles. The number of carbonyl (C=O) groups excluding carboxylic acids is 1. The maximum Gasteiger partial charge on any atom is 0.222 e. The van der Waals surface area contributed by atoms with E-state index in [-0.39, 0.29) is 5.91 Å². The zero-order chi connectivity index (χ0) is 13.5. The van der Waals surface area contributed by atoms with Crippen LogP contribution >= 0.6 is 0 Å². The van der Waals surface area contributed by atoms with E-state index in [1.165, 1.54) is 0 Å². The maximum atomic E-state index is 12.0. The minimum Gasteiger partial charge on any atom is -0.341 e. The smallest absolute Gasteiger partial charge is 0.222 e. The first-order valence-electron chi connectivity index (χ1n) is 6.87. The molecular weight excluding hydrogens is 248 g/mol. The quantitative estimate of drug-likeness (QED) is 0.785. The van der Waals surface area contributed by atoms with Crippen molar-refractivity contribution in [2.45, 2.75) is 33.1 Å². The Hall–Kier alpha value is -0.420. The van der Waals surface area contributed by atoms with Crippen molar-refractivity contribution >= 4 is 16.7 Å². The maximum absolute atomic E-state index is 12.0. The lowest BCUT2D eigenvalue weighted by Crippen LogP contribution is -2.41. The van der Waals surface area contributed by atoms with Gasteiger partial charge in [0.2, 0.25) is 5.91 Å². The molecular formula is C13H26N2O2S. The van der Waals surface area contributed by atoms with Gasteiger partial charge in [0, 0.05) is 41.8 Å². The molecule has 0 spiro atoms. The Bertz CT molecular complexity index is 285. The van der Waals surface area contributed by atoms with Gasteiger partial charge in [0.15, 0.2) is 0 Å². The van der Waals surface area contributed by atoms with Gasteiger partial charge in [-0.15, -0.1) is 0 Å². The summed E-state index contributed by atoms with van der Waals surface area (Å²) in [6.45, 7) is 6.40. The number of nitrogens with zero attached hydrogens (tertiary/aromatic N) is 1. The fourth-order valence-electron chi connectivity index (χ4n) is 2.38. The average molecular weight is 274 g/mol. The fraction of sp³-hybridized carbons (Fsp3) is 0.923. The molecule has 1 rings (SSSR count). The molecule has 106 valence electrons. The topological polar surface area (TPSA) is 63.4 Å². The lowest BCUT2D eigenvalue weighted by Gasteiger charge is -2.27. The van der Waals surface area contributed by atoms with Gasteiger partial charge in [-0.2, -0.15) is 0 Å².